The first kappa shape index (κ1) is 13.7. The number of nitrogens with one attached hydrogen (secondary N) is 1. The van der Waals surface area contributed by atoms with Crippen LogP contribution < -0.4 is 5.32 Å². The first-order valence-electron chi connectivity index (χ1n) is 7.81. The highest BCUT2D eigenvalue weighted by Crippen LogP contribution is 2.65. The molecular formula is C15H24N2O3. The fourth-order valence-corrected chi connectivity index (χ4v) is 4.52. The van der Waals surface area contributed by atoms with Crippen LogP contribution in [0.25, 0.3) is 0 Å². The van der Waals surface area contributed by atoms with E-state index in [1.165, 1.54) is 19.3 Å². The summed E-state index contributed by atoms with van der Waals surface area (Å²) in [6.07, 6.45) is 4.05. The Bertz CT molecular complexity index is 409. The average Bonchev–Trinajstić information content (AvgIpc) is 2.82. The fraction of sp³-hybridized carbons (Fsp3) is 0.867. The molecule has 0 saturated heterocycles. The molecule has 5 atom stereocenters. The van der Waals surface area contributed by atoms with Crippen LogP contribution in [0.4, 0.5) is 4.79 Å². The zero-order chi connectivity index (χ0) is 14.4. The lowest BCUT2D eigenvalue weighted by Gasteiger charge is -2.24. The predicted octanol–water partition coefficient (Wildman–Crippen LogP) is 1.78. The second kappa shape index (κ2) is 4.93. The van der Waals surface area contributed by atoms with Crippen molar-refractivity contribution in [3.63, 3.8) is 0 Å². The number of amides is 2. The van der Waals surface area contributed by atoms with Crippen molar-refractivity contribution in [2.45, 2.75) is 39.2 Å². The zero-order valence-corrected chi connectivity index (χ0v) is 12.2. The van der Waals surface area contributed by atoms with Gasteiger partial charge in [-0.2, -0.15) is 0 Å². The summed E-state index contributed by atoms with van der Waals surface area (Å²) in [5.41, 5.74) is 0. The Morgan fingerprint density at radius 1 is 1.30 bits per heavy atom. The summed E-state index contributed by atoms with van der Waals surface area (Å²) in [4.78, 5) is 24.8. The maximum atomic E-state index is 12.3. The van der Waals surface area contributed by atoms with Crippen molar-refractivity contribution < 1.29 is 14.7 Å². The zero-order valence-electron chi connectivity index (χ0n) is 12.2. The van der Waals surface area contributed by atoms with E-state index in [0.29, 0.717) is 24.4 Å². The van der Waals surface area contributed by atoms with E-state index >= 15 is 0 Å². The number of hydrogen-bond acceptors (Lipinski definition) is 2. The highest BCUT2D eigenvalue weighted by atomic mass is 16.4. The molecule has 0 aromatic rings. The molecule has 3 fully saturated rings. The third-order valence-electron chi connectivity index (χ3n) is 5.61. The molecule has 0 heterocycles. The van der Waals surface area contributed by atoms with Crippen LogP contribution in [0.3, 0.4) is 0 Å². The molecule has 5 heteroatoms. The first-order chi connectivity index (χ1) is 9.52. The summed E-state index contributed by atoms with van der Waals surface area (Å²) in [5.74, 6) is 1.74. The molecule has 0 spiro atoms. The van der Waals surface area contributed by atoms with Crippen molar-refractivity contribution in [1.82, 2.24) is 10.2 Å². The Morgan fingerprint density at radius 3 is 2.40 bits per heavy atom. The van der Waals surface area contributed by atoms with Crippen molar-refractivity contribution in [3.05, 3.63) is 0 Å². The number of fused-ring (bicyclic) bond motifs is 5. The van der Waals surface area contributed by atoms with E-state index in [9.17, 15) is 9.59 Å². The molecule has 0 radical (unpaired) electrons. The first-order valence-corrected chi connectivity index (χ1v) is 7.81. The smallest absolute Gasteiger partial charge is 0.317 e. The Kier molecular flexibility index (Phi) is 3.38. The number of urea groups is 1. The second-order valence-electron chi connectivity index (χ2n) is 6.74. The summed E-state index contributed by atoms with van der Waals surface area (Å²) in [6.45, 7) is 4.38. The van der Waals surface area contributed by atoms with Crippen molar-refractivity contribution in [2.75, 3.05) is 13.1 Å². The van der Waals surface area contributed by atoms with Crippen LogP contribution in [0, 0.1) is 29.6 Å². The van der Waals surface area contributed by atoms with E-state index in [0.717, 1.165) is 11.8 Å². The lowest BCUT2D eigenvalue weighted by Crippen LogP contribution is -2.45. The van der Waals surface area contributed by atoms with Gasteiger partial charge in [0.25, 0.3) is 0 Å². The standard InChI is InChI=1S/C15H24N2O3/c1-3-17(7-8(2)14(18)19)15(20)16-13-11-9-4-5-10(6-9)12(11)13/h8-13H,3-7H2,1-2H3,(H,16,20)(H,18,19). The molecule has 5 unspecified atom stereocenters. The van der Waals surface area contributed by atoms with Gasteiger partial charge < -0.3 is 15.3 Å². The van der Waals surface area contributed by atoms with E-state index in [-0.39, 0.29) is 12.6 Å². The number of rotatable bonds is 5. The molecule has 0 aliphatic heterocycles. The lowest BCUT2D eigenvalue weighted by molar-refractivity contribution is -0.141. The maximum absolute atomic E-state index is 12.3. The number of carboxylic acids is 1. The van der Waals surface area contributed by atoms with Crippen molar-refractivity contribution in [1.29, 1.82) is 0 Å². The van der Waals surface area contributed by atoms with Crippen LogP contribution in [0.2, 0.25) is 0 Å². The second-order valence-corrected chi connectivity index (χ2v) is 6.74. The molecule has 3 aliphatic carbocycles. The Morgan fingerprint density at radius 2 is 1.90 bits per heavy atom. The Hall–Kier alpha value is -1.26. The van der Waals surface area contributed by atoms with E-state index in [1.54, 1.807) is 11.8 Å². The SMILES string of the molecule is CCN(CC(C)C(=O)O)C(=O)NC1C2C3CCC(C3)C12. The van der Waals surface area contributed by atoms with Crippen LogP contribution in [0.5, 0.6) is 0 Å². The summed E-state index contributed by atoms with van der Waals surface area (Å²) >= 11 is 0. The summed E-state index contributed by atoms with van der Waals surface area (Å²) in [7, 11) is 0. The molecule has 3 aliphatic rings. The van der Waals surface area contributed by atoms with Gasteiger partial charge in [0.2, 0.25) is 0 Å². The van der Waals surface area contributed by atoms with E-state index in [2.05, 4.69) is 5.32 Å². The van der Waals surface area contributed by atoms with Gasteiger partial charge in [0, 0.05) is 19.1 Å². The van der Waals surface area contributed by atoms with E-state index < -0.39 is 11.9 Å². The lowest BCUT2D eigenvalue weighted by atomic mass is 10.0. The highest BCUT2D eigenvalue weighted by Gasteiger charge is 2.65. The maximum Gasteiger partial charge on any atom is 0.317 e. The predicted molar refractivity (Wildman–Crippen MR) is 74.2 cm³/mol. The van der Waals surface area contributed by atoms with Gasteiger partial charge >= 0.3 is 12.0 Å². The van der Waals surface area contributed by atoms with Gasteiger partial charge in [0.15, 0.2) is 0 Å². The van der Waals surface area contributed by atoms with E-state index in [4.69, 9.17) is 5.11 Å². The highest BCUT2D eigenvalue weighted by molar-refractivity contribution is 5.76. The van der Waals surface area contributed by atoms with Crippen molar-refractivity contribution >= 4 is 12.0 Å². The minimum Gasteiger partial charge on any atom is -0.481 e. The molecule has 20 heavy (non-hydrogen) atoms. The molecular weight excluding hydrogens is 256 g/mol. The number of carboxylic acid groups (broad SMARTS) is 1. The normalized spacial score (nSPS) is 38.2. The quantitative estimate of drug-likeness (QED) is 0.806. The van der Waals surface area contributed by atoms with Gasteiger partial charge in [0.05, 0.1) is 5.92 Å². The van der Waals surface area contributed by atoms with E-state index in [1.807, 2.05) is 6.92 Å². The van der Waals surface area contributed by atoms with Gasteiger partial charge in [-0.05, 0) is 49.9 Å². The monoisotopic (exact) mass is 280 g/mol. The summed E-state index contributed by atoms with van der Waals surface area (Å²) < 4.78 is 0. The third-order valence-corrected chi connectivity index (χ3v) is 5.61. The van der Waals surface area contributed by atoms with Gasteiger partial charge in [-0.1, -0.05) is 6.92 Å². The summed E-state index contributed by atoms with van der Waals surface area (Å²) in [6, 6.07) is 0.280. The van der Waals surface area contributed by atoms with Crippen LogP contribution in [-0.4, -0.2) is 41.1 Å². The average molecular weight is 280 g/mol. The van der Waals surface area contributed by atoms with Gasteiger partial charge in [-0.25, -0.2) is 4.79 Å². The largest absolute Gasteiger partial charge is 0.481 e. The number of aliphatic carboxylic acids is 1. The van der Waals surface area contributed by atoms with Crippen LogP contribution in [0.1, 0.15) is 33.1 Å². The molecule has 0 aromatic heterocycles. The van der Waals surface area contributed by atoms with Crippen LogP contribution in [-0.2, 0) is 4.79 Å². The molecule has 5 nitrogen and oxygen atoms in total. The molecule has 112 valence electrons. The Labute approximate surface area is 119 Å². The van der Waals surface area contributed by atoms with Crippen LogP contribution in [0.15, 0.2) is 0 Å². The number of carbonyl (C=O) groups excluding carboxylic acids is 1. The molecule has 3 rings (SSSR count). The molecule has 0 aromatic carbocycles. The Balaban J connectivity index is 1.52. The van der Waals surface area contributed by atoms with Crippen LogP contribution >= 0.6 is 0 Å². The number of carbonyl (C=O) groups is 2. The third kappa shape index (κ3) is 2.17. The molecule has 2 N–H and O–H groups in total. The minimum absolute atomic E-state index is 0.0839. The molecule has 2 bridgehead atoms. The van der Waals surface area contributed by atoms with Gasteiger partial charge in [0.1, 0.15) is 0 Å². The number of hydrogen-bond donors (Lipinski definition) is 2. The minimum atomic E-state index is -0.849. The topological polar surface area (TPSA) is 69.6 Å². The van der Waals surface area contributed by atoms with Gasteiger partial charge in [-0.15, -0.1) is 0 Å². The van der Waals surface area contributed by atoms with Crippen molar-refractivity contribution in [2.24, 2.45) is 29.6 Å². The number of nitrogens with zero attached hydrogens (tertiary/aromatic N) is 1. The van der Waals surface area contributed by atoms with Crippen molar-refractivity contribution in [3.8, 4) is 0 Å². The fourth-order valence-electron chi connectivity index (χ4n) is 4.52. The van der Waals surface area contributed by atoms with Gasteiger partial charge in [-0.3, -0.25) is 4.79 Å². The molecule has 2 amide bonds. The summed E-state index contributed by atoms with van der Waals surface area (Å²) in [5, 5.41) is 12.1. The molecule has 3 saturated carbocycles.